The van der Waals surface area contributed by atoms with Gasteiger partial charge in [-0.15, -0.1) is 6.58 Å². The largest absolute Gasteiger partial charge is 0.442 e. The van der Waals surface area contributed by atoms with Crippen molar-refractivity contribution in [2.45, 2.75) is 18.8 Å². The number of amidine groups is 1. The van der Waals surface area contributed by atoms with Gasteiger partial charge in [-0.3, -0.25) is 14.5 Å². The zero-order valence-electron chi connectivity index (χ0n) is 15.5. The standard InChI is InChI=1S/C21H18F3N3O2/c1-3-12-27-17(15-9-5-4-6-10-15)25-20(19(27)29,21(22,23)24)26-18(28)16-11-7-8-14(2)13-16/h3-11,13H,1,12H2,2H3,(H,26,28)/t20-/m1/s1. The Labute approximate surface area is 165 Å². The topological polar surface area (TPSA) is 61.8 Å². The van der Waals surface area contributed by atoms with Crippen molar-refractivity contribution in [2.24, 2.45) is 4.99 Å². The van der Waals surface area contributed by atoms with Crippen LogP contribution < -0.4 is 5.32 Å². The molecule has 0 radical (unpaired) electrons. The maximum absolute atomic E-state index is 14.1. The molecule has 2 aromatic carbocycles. The third-order valence-corrected chi connectivity index (χ3v) is 4.41. The van der Waals surface area contributed by atoms with Gasteiger partial charge in [-0.05, 0) is 19.1 Å². The molecule has 2 aromatic rings. The van der Waals surface area contributed by atoms with Gasteiger partial charge in [0.1, 0.15) is 5.84 Å². The molecule has 0 bridgehead atoms. The summed E-state index contributed by atoms with van der Waals surface area (Å²) in [6, 6.07) is 14.1. The molecule has 5 nitrogen and oxygen atoms in total. The third-order valence-electron chi connectivity index (χ3n) is 4.41. The van der Waals surface area contributed by atoms with Crippen LogP contribution in [0.2, 0.25) is 0 Å². The van der Waals surface area contributed by atoms with Crippen molar-refractivity contribution in [1.29, 1.82) is 0 Å². The summed E-state index contributed by atoms with van der Waals surface area (Å²) in [5.41, 5.74) is -2.40. The molecule has 0 aromatic heterocycles. The van der Waals surface area contributed by atoms with Crippen molar-refractivity contribution >= 4 is 17.6 Å². The molecular formula is C21H18F3N3O2. The third kappa shape index (κ3) is 3.65. The number of aliphatic imine (C=N–C) groups is 1. The fraction of sp³-hybridized carbons (Fsp3) is 0.190. The predicted molar refractivity (Wildman–Crippen MR) is 102 cm³/mol. The number of carbonyl (C=O) groups is 2. The zero-order valence-corrected chi connectivity index (χ0v) is 15.5. The van der Waals surface area contributed by atoms with Gasteiger partial charge < -0.3 is 5.32 Å². The molecule has 0 spiro atoms. The number of alkyl halides is 3. The monoisotopic (exact) mass is 401 g/mol. The van der Waals surface area contributed by atoms with Crippen LogP contribution in [-0.4, -0.2) is 40.9 Å². The van der Waals surface area contributed by atoms with Crippen molar-refractivity contribution in [2.75, 3.05) is 6.54 Å². The van der Waals surface area contributed by atoms with E-state index < -0.39 is 23.7 Å². The van der Waals surface area contributed by atoms with Crippen LogP contribution in [0, 0.1) is 6.92 Å². The molecule has 1 aliphatic rings. The van der Waals surface area contributed by atoms with E-state index in [1.807, 2.05) is 5.32 Å². The quantitative estimate of drug-likeness (QED) is 0.780. The number of aryl methyl sites for hydroxylation is 1. The molecule has 2 amide bonds. The van der Waals surface area contributed by atoms with Crippen LogP contribution in [0.15, 0.2) is 72.2 Å². The number of hydrogen-bond acceptors (Lipinski definition) is 3. The summed E-state index contributed by atoms with van der Waals surface area (Å²) in [6.07, 6.45) is -3.86. The first-order chi connectivity index (χ1) is 13.7. The van der Waals surface area contributed by atoms with E-state index in [1.54, 1.807) is 37.3 Å². The normalized spacial score (nSPS) is 19.1. The second-order valence-electron chi connectivity index (χ2n) is 6.54. The average Bonchev–Trinajstić information content (AvgIpc) is 2.96. The van der Waals surface area contributed by atoms with Gasteiger partial charge in [-0.2, -0.15) is 13.2 Å². The van der Waals surface area contributed by atoms with E-state index in [-0.39, 0.29) is 17.9 Å². The molecule has 0 fully saturated rings. The van der Waals surface area contributed by atoms with Gasteiger partial charge in [0.2, 0.25) is 0 Å². The van der Waals surface area contributed by atoms with E-state index in [9.17, 15) is 22.8 Å². The Hall–Kier alpha value is -3.42. The highest BCUT2D eigenvalue weighted by Gasteiger charge is 2.67. The number of rotatable bonds is 5. The second-order valence-corrected chi connectivity index (χ2v) is 6.54. The molecule has 0 saturated carbocycles. The maximum atomic E-state index is 14.1. The van der Waals surface area contributed by atoms with Gasteiger partial charge in [-0.1, -0.05) is 54.1 Å². The summed E-state index contributed by atoms with van der Waals surface area (Å²) < 4.78 is 42.4. The number of hydrogen-bond donors (Lipinski definition) is 1. The smallest absolute Gasteiger partial charge is 0.312 e. The summed E-state index contributed by atoms with van der Waals surface area (Å²) in [7, 11) is 0. The number of nitrogens with one attached hydrogen (secondary N) is 1. The molecule has 1 aliphatic heterocycles. The molecule has 0 unspecified atom stereocenters. The lowest BCUT2D eigenvalue weighted by Crippen LogP contribution is -2.63. The van der Waals surface area contributed by atoms with Gasteiger partial charge in [0.15, 0.2) is 0 Å². The van der Waals surface area contributed by atoms with E-state index in [4.69, 9.17) is 0 Å². The van der Waals surface area contributed by atoms with E-state index >= 15 is 0 Å². The first-order valence-electron chi connectivity index (χ1n) is 8.73. The number of halogens is 3. The van der Waals surface area contributed by atoms with Crippen LogP contribution in [0.1, 0.15) is 21.5 Å². The molecular weight excluding hydrogens is 383 g/mol. The lowest BCUT2D eigenvalue weighted by atomic mass is 10.1. The lowest BCUT2D eigenvalue weighted by Gasteiger charge is -2.29. The Kier molecular flexibility index (Phi) is 5.28. The first kappa shape index (κ1) is 20.3. The highest BCUT2D eigenvalue weighted by molar-refractivity contribution is 6.16. The molecule has 0 saturated heterocycles. The Morgan fingerprint density at radius 1 is 1.21 bits per heavy atom. The number of amides is 2. The molecule has 29 heavy (non-hydrogen) atoms. The second kappa shape index (κ2) is 7.54. The van der Waals surface area contributed by atoms with Crippen molar-refractivity contribution in [3.63, 3.8) is 0 Å². The fourth-order valence-corrected chi connectivity index (χ4v) is 3.02. The minimum Gasteiger partial charge on any atom is -0.312 e. The molecule has 1 heterocycles. The van der Waals surface area contributed by atoms with Gasteiger partial charge in [-0.25, -0.2) is 4.99 Å². The van der Waals surface area contributed by atoms with Crippen molar-refractivity contribution in [3.05, 3.63) is 83.9 Å². The minimum absolute atomic E-state index is 0.0000526. The van der Waals surface area contributed by atoms with Crippen molar-refractivity contribution in [3.8, 4) is 0 Å². The Balaban J connectivity index is 2.11. The predicted octanol–water partition coefficient (Wildman–Crippen LogP) is 3.46. The van der Waals surface area contributed by atoms with E-state index in [0.717, 1.165) is 4.90 Å². The summed E-state index contributed by atoms with van der Waals surface area (Å²) in [5.74, 6) is -2.61. The van der Waals surface area contributed by atoms with Crippen LogP contribution in [0.3, 0.4) is 0 Å². The lowest BCUT2D eigenvalue weighted by molar-refractivity contribution is -0.196. The molecule has 8 heteroatoms. The van der Waals surface area contributed by atoms with Crippen LogP contribution in [-0.2, 0) is 4.79 Å². The SMILES string of the molecule is C=CCN1C(=O)[C@@](NC(=O)c2cccc(C)c2)(C(F)(F)F)N=C1c1ccccc1. The van der Waals surface area contributed by atoms with E-state index in [1.165, 1.54) is 30.3 Å². The Bertz CT molecular complexity index is 986. The number of carbonyl (C=O) groups excluding carboxylic acids is 2. The van der Waals surface area contributed by atoms with Gasteiger partial charge >= 0.3 is 11.8 Å². The van der Waals surface area contributed by atoms with Gasteiger partial charge in [0, 0.05) is 17.7 Å². The van der Waals surface area contributed by atoms with Gasteiger partial charge in [0.25, 0.3) is 11.8 Å². The average molecular weight is 401 g/mol. The Morgan fingerprint density at radius 3 is 2.48 bits per heavy atom. The molecule has 0 aliphatic carbocycles. The fourth-order valence-electron chi connectivity index (χ4n) is 3.02. The highest BCUT2D eigenvalue weighted by atomic mass is 19.4. The van der Waals surface area contributed by atoms with Crippen LogP contribution >= 0.6 is 0 Å². The molecule has 150 valence electrons. The number of benzene rings is 2. The maximum Gasteiger partial charge on any atom is 0.442 e. The highest BCUT2D eigenvalue weighted by Crippen LogP contribution is 2.38. The van der Waals surface area contributed by atoms with E-state index in [0.29, 0.717) is 11.1 Å². The molecule has 1 atom stereocenters. The van der Waals surface area contributed by atoms with Crippen molar-refractivity contribution in [1.82, 2.24) is 10.2 Å². The van der Waals surface area contributed by atoms with Crippen molar-refractivity contribution < 1.29 is 22.8 Å². The van der Waals surface area contributed by atoms with Crippen LogP contribution in [0.25, 0.3) is 0 Å². The summed E-state index contributed by atoms with van der Waals surface area (Å²) in [6.45, 7) is 5.01. The first-order valence-corrected chi connectivity index (χ1v) is 8.73. The Morgan fingerprint density at radius 2 is 1.90 bits per heavy atom. The minimum atomic E-state index is -5.15. The number of nitrogens with zero attached hydrogens (tertiary/aromatic N) is 2. The van der Waals surface area contributed by atoms with Crippen LogP contribution in [0.5, 0.6) is 0 Å². The van der Waals surface area contributed by atoms with Crippen LogP contribution in [0.4, 0.5) is 13.2 Å². The summed E-state index contributed by atoms with van der Waals surface area (Å²) in [4.78, 5) is 30.1. The molecule has 3 rings (SSSR count). The summed E-state index contributed by atoms with van der Waals surface area (Å²) in [5, 5.41) is 1.84. The molecule has 1 N–H and O–H groups in total. The van der Waals surface area contributed by atoms with Gasteiger partial charge in [0.05, 0.1) is 0 Å². The zero-order chi connectivity index (χ0) is 21.2. The van der Waals surface area contributed by atoms with E-state index in [2.05, 4.69) is 11.6 Å². The summed E-state index contributed by atoms with van der Waals surface area (Å²) >= 11 is 0.